The predicted octanol–water partition coefficient (Wildman–Crippen LogP) is -3.30. The van der Waals surface area contributed by atoms with Gasteiger partial charge >= 0.3 is 0 Å². The zero-order chi connectivity index (χ0) is 8.65. The molecule has 0 saturated carbocycles. The quantitative estimate of drug-likeness (QED) is 0.240. The summed E-state index contributed by atoms with van der Waals surface area (Å²) in [6, 6.07) is 0. The molecule has 4 atom stereocenters. The Kier molecular flexibility index (Phi) is 2.15. The van der Waals surface area contributed by atoms with E-state index >= 15 is 0 Å². The van der Waals surface area contributed by atoms with E-state index in [0.717, 1.165) is 0 Å². The number of nitrogens with two attached hydrogens (primary N) is 1. The summed E-state index contributed by atoms with van der Waals surface area (Å²) in [5.41, 5.74) is 4.99. The Morgan fingerprint density at radius 2 is 1.91 bits per heavy atom. The Morgan fingerprint density at radius 1 is 1.36 bits per heavy atom. The van der Waals surface area contributed by atoms with Crippen molar-refractivity contribution < 1.29 is 25.2 Å². The van der Waals surface area contributed by atoms with Gasteiger partial charge in [-0.1, -0.05) is 0 Å². The highest BCUT2D eigenvalue weighted by atomic mass is 16.7. The van der Waals surface area contributed by atoms with Crippen LogP contribution in [0.15, 0.2) is 0 Å². The lowest BCUT2D eigenvalue weighted by atomic mass is 10.0. The number of aliphatic hydroxyl groups excluding tert-OH is 3. The maximum Gasteiger partial charge on any atom is 0.252 e. The summed E-state index contributed by atoms with van der Waals surface area (Å²) >= 11 is 0. The van der Waals surface area contributed by atoms with Crippen LogP contribution in [0.2, 0.25) is 0 Å². The van der Waals surface area contributed by atoms with Crippen molar-refractivity contribution in [3.8, 4) is 0 Å². The van der Waals surface area contributed by atoms with E-state index in [2.05, 4.69) is 4.74 Å². The molecule has 1 saturated heterocycles. The third kappa shape index (κ3) is 1.51. The molecule has 11 heavy (non-hydrogen) atoms. The summed E-state index contributed by atoms with van der Waals surface area (Å²) in [4.78, 5) is 0. The molecule has 0 aliphatic carbocycles. The van der Waals surface area contributed by atoms with Gasteiger partial charge in [0.15, 0.2) is 6.10 Å². The van der Waals surface area contributed by atoms with Crippen LogP contribution in [0.3, 0.4) is 0 Å². The van der Waals surface area contributed by atoms with Gasteiger partial charge in [-0.25, -0.2) is 0 Å². The topological polar surface area (TPSA) is 116 Å². The Morgan fingerprint density at radius 3 is 2.36 bits per heavy atom. The summed E-state index contributed by atoms with van der Waals surface area (Å²) in [6.45, 7) is -0.300. The smallest absolute Gasteiger partial charge is 0.252 e. The maximum absolute atomic E-state index is 8.97. The predicted molar refractivity (Wildman–Crippen MR) is 33.1 cm³/mol. The van der Waals surface area contributed by atoms with Crippen LogP contribution in [-0.4, -0.2) is 51.3 Å². The van der Waals surface area contributed by atoms with E-state index in [4.69, 9.17) is 26.2 Å². The van der Waals surface area contributed by atoms with Gasteiger partial charge in [0.05, 0.1) is 6.61 Å². The first kappa shape index (κ1) is 8.85. The second-order valence-corrected chi connectivity index (χ2v) is 2.57. The molecule has 0 aromatic rings. The molecular weight excluding hydrogens is 154 g/mol. The minimum Gasteiger partial charge on any atom is -0.388 e. The van der Waals surface area contributed by atoms with Crippen molar-refractivity contribution in [3.05, 3.63) is 0 Å². The van der Waals surface area contributed by atoms with Gasteiger partial charge < -0.3 is 25.2 Å². The van der Waals surface area contributed by atoms with Gasteiger partial charge in [-0.05, 0) is 0 Å². The fraction of sp³-hybridized carbons (Fsp3) is 1.00. The van der Waals surface area contributed by atoms with Crippen molar-refractivity contribution in [1.82, 2.24) is 0 Å². The molecule has 1 fully saturated rings. The molecule has 0 radical (unpaired) electrons. The molecule has 1 aliphatic heterocycles. The largest absolute Gasteiger partial charge is 0.388 e. The van der Waals surface area contributed by atoms with Crippen LogP contribution in [0, 0.1) is 0 Å². The SMILES string of the molecule is NC1(O)OC[C@H](O)[C@@H](O)[C@@H]1O. The van der Waals surface area contributed by atoms with E-state index in [9.17, 15) is 0 Å². The first-order valence-electron chi connectivity index (χ1n) is 3.14. The molecule has 66 valence electrons. The molecule has 1 rings (SSSR count). The van der Waals surface area contributed by atoms with Gasteiger partial charge in [-0.2, -0.15) is 0 Å². The summed E-state index contributed by atoms with van der Waals surface area (Å²) < 4.78 is 4.43. The Labute approximate surface area is 62.8 Å². The van der Waals surface area contributed by atoms with Crippen LogP contribution in [0.25, 0.3) is 0 Å². The van der Waals surface area contributed by atoms with Crippen LogP contribution in [0.4, 0.5) is 0 Å². The summed E-state index contributed by atoms with van der Waals surface area (Å²) in [5, 5.41) is 35.8. The standard InChI is InChI=1S/C5H11NO5/c6-5(10)4(9)3(8)2(7)1-11-5/h2-4,7-10H,1,6H2/t2-,3+,4-,5?/m0/s1. The molecule has 6 heteroatoms. The molecule has 0 amide bonds. The van der Waals surface area contributed by atoms with E-state index in [1.54, 1.807) is 0 Å². The average Bonchev–Trinajstić information content (AvgIpc) is 1.95. The van der Waals surface area contributed by atoms with Crippen molar-refractivity contribution >= 4 is 0 Å². The Hall–Kier alpha value is -0.240. The molecule has 6 nitrogen and oxygen atoms in total. The highest BCUT2D eigenvalue weighted by Gasteiger charge is 2.45. The summed E-state index contributed by atoms with van der Waals surface area (Å²) in [6.07, 6.45) is -4.38. The number of rotatable bonds is 0. The molecular formula is C5H11NO5. The highest BCUT2D eigenvalue weighted by molar-refractivity contribution is 4.87. The third-order valence-corrected chi connectivity index (χ3v) is 1.63. The van der Waals surface area contributed by atoms with Crippen molar-refractivity contribution in [2.45, 2.75) is 24.2 Å². The van der Waals surface area contributed by atoms with Crippen LogP contribution < -0.4 is 5.73 Å². The van der Waals surface area contributed by atoms with Crippen molar-refractivity contribution in [1.29, 1.82) is 0 Å². The normalized spacial score (nSPS) is 52.6. The zero-order valence-electron chi connectivity index (χ0n) is 5.71. The van der Waals surface area contributed by atoms with Gasteiger partial charge in [-0.3, -0.25) is 5.73 Å². The molecule has 1 unspecified atom stereocenters. The lowest BCUT2D eigenvalue weighted by Gasteiger charge is -2.38. The molecule has 0 bridgehead atoms. The van der Waals surface area contributed by atoms with E-state index in [0.29, 0.717) is 0 Å². The van der Waals surface area contributed by atoms with E-state index < -0.39 is 24.2 Å². The fourth-order valence-electron chi connectivity index (χ4n) is 0.858. The second kappa shape index (κ2) is 2.67. The van der Waals surface area contributed by atoms with Crippen molar-refractivity contribution in [3.63, 3.8) is 0 Å². The van der Waals surface area contributed by atoms with Crippen LogP contribution in [0.5, 0.6) is 0 Å². The first-order chi connectivity index (χ1) is 4.95. The fourth-order valence-corrected chi connectivity index (χ4v) is 0.858. The van der Waals surface area contributed by atoms with Crippen LogP contribution in [0.1, 0.15) is 0 Å². The molecule has 1 aliphatic rings. The van der Waals surface area contributed by atoms with Crippen molar-refractivity contribution in [2.24, 2.45) is 5.73 Å². The minimum atomic E-state index is -2.27. The van der Waals surface area contributed by atoms with E-state index in [1.807, 2.05) is 0 Å². The van der Waals surface area contributed by atoms with Crippen LogP contribution >= 0.6 is 0 Å². The van der Waals surface area contributed by atoms with Gasteiger partial charge in [0, 0.05) is 0 Å². The lowest BCUT2D eigenvalue weighted by Crippen LogP contribution is -2.65. The molecule has 0 aromatic carbocycles. The molecule has 6 N–H and O–H groups in total. The van der Waals surface area contributed by atoms with E-state index in [-0.39, 0.29) is 6.61 Å². The zero-order valence-corrected chi connectivity index (χ0v) is 5.71. The van der Waals surface area contributed by atoms with Crippen LogP contribution in [-0.2, 0) is 4.74 Å². The molecule has 1 heterocycles. The average molecular weight is 165 g/mol. The van der Waals surface area contributed by atoms with Gasteiger partial charge in [0.2, 0.25) is 0 Å². The van der Waals surface area contributed by atoms with Gasteiger partial charge in [0.25, 0.3) is 5.91 Å². The lowest BCUT2D eigenvalue weighted by molar-refractivity contribution is -0.318. The third-order valence-electron chi connectivity index (χ3n) is 1.63. The summed E-state index contributed by atoms with van der Waals surface area (Å²) in [7, 11) is 0. The minimum absolute atomic E-state index is 0.300. The second-order valence-electron chi connectivity index (χ2n) is 2.57. The first-order valence-corrected chi connectivity index (χ1v) is 3.14. The van der Waals surface area contributed by atoms with Gasteiger partial charge in [0.1, 0.15) is 12.2 Å². The molecule has 0 spiro atoms. The number of aliphatic hydroxyl groups is 4. The van der Waals surface area contributed by atoms with Crippen molar-refractivity contribution in [2.75, 3.05) is 6.61 Å². The number of ether oxygens (including phenoxy) is 1. The number of hydrogen-bond acceptors (Lipinski definition) is 6. The van der Waals surface area contributed by atoms with E-state index in [1.165, 1.54) is 0 Å². The number of hydrogen-bond donors (Lipinski definition) is 5. The molecule has 0 aromatic heterocycles. The highest BCUT2D eigenvalue weighted by Crippen LogP contribution is 2.18. The monoisotopic (exact) mass is 165 g/mol. The Balaban J connectivity index is 2.67. The summed E-state index contributed by atoms with van der Waals surface area (Å²) in [5.74, 6) is -2.27. The maximum atomic E-state index is 8.97. The Bertz CT molecular complexity index is 150. The van der Waals surface area contributed by atoms with Gasteiger partial charge in [-0.15, -0.1) is 0 Å².